The lowest BCUT2D eigenvalue weighted by Gasteiger charge is -2.12. The Morgan fingerprint density at radius 3 is 3.09 bits per heavy atom. The number of hydrogen-bond donors (Lipinski definition) is 0. The Morgan fingerprint density at radius 1 is 1.36 bits per heavy atom. The molecule has 1 aliphatic heterocycles. The Hall–Kier alpha value is -1.18. The van der Waals surface area contributed by atoms with E-state index in [1.807, 2.05) is 18.2 Å². The van der Waals surface area contributed by atoms with Gasteiger partial charge < -0.3 is 0 Å². The van der Waals surface area contributed by atoms with Gasteiger partial charge in [-0.25, -0.2) is 0 Å². The smallest absolute Gasteiger partial charge is 0.0885 e. The van der Waals surface area contributed by atoms with Crippen LogP contribution >= 0.6 is 0 Å². The van der Waals surface area contributed by atoms with Crippen molar-refractivity contribution in [1.29, 1.82) is 0 Å². The molecule has 0 fully saturated rings. The number of azo groups is 1. The van der Waals surface area contributed by atoms with Crippen molar-refractivity contribution in [3.8, 4) is 0 Å². The van der Waals surface area contributed by atoms with E-state index in [4.69, 9.17) is 0 Å². The molecular weight excluding hydrogens is 136 g/mol. The summed E-state index contributed by atoms with van der Waals surface area (Å²) in [7, 11) is 0. The molecule has 0 saturated carbocycles. The Labute approximate surface area is 66.0 Å². The Balaban J connectivity index is 2.46. The highest BCUT2D eigenvalue weighted by molar-refractivity contribution is 5.46. The summed E-state index contributed by atoms with van der Waals surface area (Å²) in [5.41, 5.74) is 2.35. The van der Waals surface area contributed by atoms with Crippen LogP contribution in [0.5, 0.6) is 0 Å². The van der Waals surface area contributed by atoms with E-state index in [9.17, 15) is 0 Å². The number of benzene rings is 1. The molecule has 1 heterocycles. The molecule has 1 aliphatic rings. The predicted molar refractivity (Wildman–Crippen MR) is 44.1 cm³/mol. The Bertz CT molecular complexity index is 291. The van der Waals surface area contributed by atoms with E-state index in [1.54, 1.807) is 0 Å². The van der Waals surface area contributed by atoms with Crippen molar-refractivity contribution in [2.24, 2.45) is 10.2 Å². The van der Waals surface area contributed by atoms with Gasteiger partial charge in [-0.1, -0.05) is 18.2 Å². The van der Waals surface area contributed by atoms with E-state index in [2.05, 4.69) is 23.2 Å². The Morgan fingerprint density at radius 2 is 2.18 bits per heavy atom. The summed E-state index contributed by atoms with van der Waals surface area (Å²) in [4.78, 5) is 0. The van der Waals surface area contributed by atoms with Crippen molar-refractivity contribution in [3.05, 3.63) is 29.8 Å². The van der Waals surface area contributed by atoms with Crippen molar-refractivity contribution >= 4 is 5.69 Å². The average Bonchev–Trinajstić information content (AvgIpc) is 2.04. The monoisotopic (exact) mass is 146 g/mol. The van der Waals surface area contributed by atoms with Crippen molar-refractivity contribution < 1.29 is 0 Å². The lowest BCUT2D eigenvalue weighted by atomic mass is 10.0. The number of rotatable bonds is 0. The van der Waals surface area contributed by atoms with Gasteiger partial charge >= 0.3 is 0 Å². The lowest BCUT2D eigenvalue weighted by Crippen LogP contribution is -2.05. The fourth-order valence-corrected chi connectivity index (χ4v) is 1.30. The average molecular weight is 146 g/mol. The molecule has 1 atom stereocenters. The van der Waals surface area contributed by atoms with E-state index in [0.29, 0.717) is 6.04 Å². The quantitative estimate of drug-likeness (QED) is 0.537. The second-order valence-corrected chi connectivity index (χ2v) is 2.90. The summed E-state index contributed by atoms with van der Waals surface area (Å²) in [6, 6.07) is 8.51. The molecule has 0 saturated heterocycles. The minimum absolute atomic E-state index is 0.352. The minimum Gasteiger partial charge on any atom is -0.185 e. The molecule has 0 spiro atoms. The van der Waals surface area contributed by atoms with E-state index in [-0.39, 0.29) is 0 Å². The first kappa shape index (κ1) is 6.53. The van der Waals surface area contributed by atoms with Gasteiger partial charge in [0.1, 0.15) is 0 Å². The van der Waals surface area contributed by atoms with Crippen molar-refractivity contribution in [1.82, 2.24) is 0 Å². The maximum absolute atomic E-state index is 4.10. The van der Waals surface area contributed by atoms with Crippen molar-refractivity contribution in [3.63, 3.8) is 0 Å². The molecule has 0 aliphatic carbocycles. The van der Waals surface area contributed by atoms with Crippen LogP contribution in [0.3, 0.4) is 0 Å². The van der Waals surface area contributed by atoms with E-state index < -0.39 is 0 Å². The third kappa shape index (κ3) is 1.16. The normalized spacial score (nSPS) is 21.4. The van der Waals surface area contributed by atoms with Crippen molar-refractivity contribution in [2.75, 3.05) is 0 Å². The molecule has 0 amide bonds. The van der Waals surface area contributed by atoms with Crippen LogP contribution in [-0.2, 0) is 6.42 Å². The van der Waals surface area contributed by atoms with Gasteiger partial charge in [0.05, 0.1) is 11.7 Å². The summed E-state index contributed by atoms with van der Waals surface area (Å²) in [5.74, 6) is 0. The molecule has 2 heteroatoms. The van der Waals surface area contributed by atoms with Gasteiger partial charge in [0.2, 0.25) is 0 Å². The zero-order valence-corrected chi connectivity index (χ0v) is 6.49. The first-order chi connectivity index (χ1) is 5.36. The molecule has 56 valence electrons. The van der Waals surface area contributed by atoms with Crippen molar-refractivity contribution in [2.45, 2.75) is 19.4 Å². The van der Waals surface area contributed by atoms with Gasteiger partial charge in [-0.2, -0.15) is 10.2 Å². The van der Waals surface area contributed by atoms with E-state index >= 15 is 0 Å². The van der Waals surface area contributed by atoms with Gasteiger partial charge in [-0.3, -0.25) is 0 Å². The van der Waals surface area contributed by atoms with Gasteiger partial charge in [-0.05, 0) is 25.0 Å². The standard InChI is InChI=1S/C9H10N2/c1-7-6-8-4-2-3-5-9(8)11-10-7/h2-5,7H,6H2,1H3. The summed E-state index contributed by atoms with van der Waals surface area (Å²) < 4.78 is 0. The minimum atomic E-state index is 0.352. The van der Waals surface area contributed by atoms with Crippen LogP contribution in [0.4, 0.5) is 5.69 Å². The topological polar surface area (TPSA) is 24.7 Å². The largest absolute Gasteiger partial charge is 0.185 e. The first-order valence-corrected chi connectivity index (χ1v) is 3.85. The number of fused-ring (bicyclic) bond motifs is 1. The lowest BCUT2D eigenvalue weighted by molar-refractivity contribution is 0.677. The molecule has 1 aromatic rings. The first-order valence-electron chi connectivity index (χ1n) is 3.85. The predicted octanol–water partition coefficient (Wildman–Crippen LogP) is 2.71. The zero-order chi connectivity index (χ0) is 7.68. The van der Waals surface area contributed by atoms with Crippen LogP contribution in [0.2, 0.25) is 0 Å². The molecule has 0 N–H and O–H groups in total. The molecule has 0 bridgehead atoms. The summed E-state index contributed by atoms with van der Waals surface area (Å²) in [6.45, 7) is 2.08. The van der Waals surface area contributed by atoms with Crippen LogP contribution in [0, 0.1) is 0 Å². The molecule has 0 aromatic heterocycles. The van der Waals surface area contributed by atoms with E-state index in [0.717, 1.165) is 12.1 Å². The summed E-state index contributed by atoms with van der Waals surface area (Å²) >= 11 is 0. The molecule has 1 unspecified atom stereocenters. The van der Waals surface area contributed by atoms with Crippen LogP contribution in [0.15, 0.2) is 34.5 Å². The molecule has 1 aromatic carbocycles. The highest BCUT2D eigenvalue weighted by Gasteiger charge is 2.10. The van der Waals surface area contributed by atoms with E-state index in [1.165, 1.54) is 5.56 Å². The summed E-state index contributed by atoms with van der Waals surface area (Å²) in [6.07, 6.45) is 1.03. The number of hydrogen-bond acceptors (Lipinski definition) is 2. The Kier molecular flexibility index (Phi) is 1.46. The maximum Gasteiger partial charge on any atom is 0.0885 e. The SMILES string of the molecule is CC1Cc2ccccc2N=N1. The highest BCUT2D eigenvalue weighted by atomic mass is 15.1. The van der Waals surface area contributed by atoms with Gasteiger partial charge in [-0.15, -0.1) is 0 Å². The fourth-order valence-electron chi connectivity index (χ4n) is 1.30. The van der Waals surface area contributed by atoms with Crippen LogP contribution in [0.25, 0.3) is 0 Å². The van der Waals surface area contributed by atoms with Crippen LogP contribution in [0.1, 0.15) is 12.5 Å². The summed E-state index contributed by atoms with van der Waals surface area (Å²) in [5, 5.41) is 8.20. The molecule has 0 radical (unpaired) electrons. The van der Waals surface area contributed by atoms with Crippen LogP contribution in [-0.4, -0.2) is 6.04 Å². The van der Waals surface area contributed by atoms with Gasteiger partial charge in [0.15, 0.2) is 0 Å². The van der Waals surface area contributed by atoms with Crippen LogP contribution < -0.4 is 0 Å². The number of nitrogens with zero attached hydrogens (tertiary/aromatic N) is 2. The molecule has 2 nitrogen and oxygen atoms in total. The molecule has 2 rings (SSSR count). The second-order valence-electron chi connectivity index (χ2n) is 2.90. The third-order valence-electron chi connectivity index (χ3n) is 1.87. The van der Waals surface area contributed by atoms with Gasteiger partial charge in [0.25, 0.3) is 0 Å². The molecule has 11 heavy (non-hydrogen) atoms. The zero-order valence-electron chi connectivity index (χ0n) is 6.49. The third-order valence-corrected chi connectivity index (χ3v) is 1.87. The maximum atomic E-state index is 4.10. The highest BCUT2D eigenvalue weighted by Crippen LogP contribution is 2.25. The fraction of sp³-hybridized carbons (Fsp3) is 0.333. The van der Waals surface area contributed by atoms with Gasteiger partial charge in [0, 0.05) is 0 Å². The molecular formula is C9H10N2. The second kappa shape index (κ2) is 2.46.